The standard InChI is InChI=1S/C19H26N4O2/c1-21-16-17(15-20-21)7-8-19(24)23-11-9-22(10-12-23)13-14-25-18-5-3-2-4-6-18/h2-6,15-16H,7-14H2,1H3. The number of ether oxygens (including phenoxy) is 1. The van der Waals surface area contributed by atoms with Crippen molar-refractivity contribution >= 4 is 5.91 Å². The summed E-state index contributed by atoms with van der Waals surface area (Å²) in [5, 5.41) is 4.14. The number of aromatic nitrogens is 2. The lowest BCUT2D eigenvalue weighted by Gasteiger charge is -2.34. The number of benzene rings is 1. The molecule has 0 aliphatic carbocycles. The molecule has 25 heavy (non-hydrogen) atoms. The van der Waals surface area contributed by atoms with Crippen molar-refractivity contribution in [2.75, 3.05) is 39.3 Å². The Hall–Kier alpha value is -2.34. The van der Waals surface area contributed by atoms with Crippen LogP contribution in [0.15, 0.2) is 42.7 Å². The lowest BCUT2D eigenvalue weighted by molar-refractivity contribution is -0.132. The molecule has 1 aliphatic rings. The molecule has 0 atom stereocenters. The first-order valence-electron chi connectivity index (χ1n) is 8.86. The second-order valence-corrected chi connectivity index (χ2v) is 6.41. The molecule has 0 radical (unpaired) electrons. The van der Waals surface area contributed by atoms with Crippen LogP contribution in [0.3, 0.4) is 0 Å². The molecule has 0 saturated carbocycles. The van der Waals surface area contributed by atoms with Crippen LogP contribution >= 0.6 is 0 Å². The maximum atomic E-state index is 12.3. The molecule has 1 saturated heterocycles. The summed E-state index contributed by atoms with van der Waals surface area (Å²) in [6, 6.07) is 9.88. The Kier molecular flexibility index (Phi) is 6.06. The fraction of sp³-hybridized carbons (Fsp3) is 0.474. The largest absolute Gasteiger partial charge is 0.492 e. The lowest BCUT2D eigenvalue weighted by Crippen LogP contribution is -2.49. The molecule has 1 aliphatic heterocycles. The van der Waals surface area contributed by atoms with E-state index in [1.807, 2.05) is 54.7 Å². The second-order valence-electron chi connectivity index (χ2n) is 6.41. The predicted octanol–water partition coefficient (Wildman–Crippen LogP) is 1.58. The lowest BCUT2D eigenvalue weighted by atomic mass is 10.2. The van der Waals surface area contributed by atoms with Gasteiger partial charge in [-0.1, -0.05) is 18.2 Å². The average Bonchev–Trinajstić information content (AvgIpc) is 3.06. The van der Waals surface area contributed by atoms with Crippen LogP contribution in [0.1, 0.15) is 12.0 Å². The number of piperazine rings is 1. The van der Waals surface area contributed by atoms with E-state index in [4.69, 9.17) is 4.74 Å². The zero-order chi connectivity index (χ0) is 17.5. The molecule has 0 bridgehead atoms. The molecule has 6 nitrogen and oxygen atoms in total. The minimum absolute atomic E-state index is 0.240. The number of hydrogen-bond acceptors (Lipinski definition) is 4. The van der Waals surface area contributed by atoms with Crippen LogP contribution in [0.4, 0.5) is 0 Å². The summed E-state index contributed by atoms with van der Waals surface area (Å²) in [7, 11) is 1.89. The van der Waals surface area contributed by atoms with Crippen molar-refractivity contribution < 1.29 is 9.53 Å². The second kappa shape index (κ2) is 8.67. The Bertz CT molecular complexity index is 663. The highest BCUT2D eigenvalue weighted by molar-refractivity contribution is 5.76. The number of carbonyl (C=O) groups excluding carboxylic acids is 1. The molecule has 6 heteroatoms. The van der Waals surface area contributed by atoms with Crippen molar-refractivity contribution in [1.82, 2.24) is 19.6 Å². The van der Waals surface area contributed by atoms with E-state index in [0.717, 1.165) is 50.5 Å². The predicted molar refractivity (Wildman–Crippen MR) is 96.5 cm³/mol. The van der Waals surface area contributed by atoms with Crippen molar-refractivity contribution in [1.29, 1.82) is 0 Å². The van der Waals surface area contributed by atoms with Crippen LogP contribution in [0.25, 0.3) is 0 Å². The molecule has 134 valence electrons. The quantitative estimate of drug-likeness (QED) is 0.767. The van der Waals surface area contributed by atoms with Gasteiger partial charge < -0.3 is 9.64 Å². The van der Waals surface area contributed by atoms with Gasteiger partial charge in [0.1, 0.15) is 12.4 Å². The van der Waals surface area contributed by atoms with Crippen molar-refractivity contribution in [3.63, 3.8) is 0 Å². The third-order valence-electron chi connectivity index (χ3n) is 4.53. The zero-order valence-electron chi connectivity index (χ0n) is 14.8. The SMILES string of the molecule is Cn1cc(CCC(=O)N2CCN(CCOc3ccccc3)CC2)cn1. The van der Waals surface area contributed by atoms with Gasteiger partial charge in [0.2, 0.25) is 5.91 Å². The van der Waals surface area contributed by atoms with Crippen LogP contribution < -0.4 is 4.74 Å². The molecule has 1 aromatic heterocycles. The van der Waals surface area contributed by atoms with Gasteiger partial charge in [0.25, 0.3) is 0 Å². The summed E-state index contributed by atoms with van der Waals surface area (Å²) in [6.45, 7) is 5.01. The maximum absolute atomic E-state index is 12.3. The monoisotopic (exact) mass is 342 g/mol. The Morgan fingerprint density at radius 1 is 1.16 bits per heavy atom. The fourth-order valence-corrected chi connectivity index (χ4v) is 3.04. The molecule has 0 unspecified atom stereocenters. The van der Waals surface area contributed by atoms with E-state index in [1.165, 1.54) is 0 Å². The summed E-state index contributed by atoms with van der Waals surface area (Å²) in [5.41, 5.74) is 1.12. The molecule has 1 fully saturated rings. The highest BCUT2D eigenvalue weighted by atomic mass is 16.5. The van der Waals surface area contributed by atoms with Gasteiger partial charge in [-0.05, 0) is 24.1 Å². The summed E-state index contributed by atoms with van der Waals surface area (Å²) < 4.78 is 7.52. The number of carbonyl (C=O) groups is 1. The number of rotatable bonds is 7. The van der Waals surface area contributed by atoms with Crippen LogP contribution in [0, 0.1) is 0 Å². The topological polar surface area (TPSA) is 50.6 Å². The average molecular weight is 342 g/mol. The first kappa shape index (κ1) is 17.5. The van der Waals surface area contributed by atoms with Crippen LogP contribution in [0.5, 0.6) is 5.75 Å². The molecular formula is C19H26N4O2. The molecular weight excluding hydrogens is 316 g/mol. The first-order valence-corrected chi connectivity index (χ1v) is 8.86. The van der Waals surface area contributed by atoms with Crippen molar-refractivity contribution in [3.8, 4) is 5.75 Å². The first-order chi connectivity index (χ1) is 12.2. The minimum atomic E-state index is 0.240. The summed E-state index contributed by atoms with van der Waals surface area (Å²) in [6.07, 6.45) is 5.12. The smallest absolute Gasteiger partial charge is 0.222 e. The third kappa shape index (κ3) is 5.32. The van der Waals surface area contributed by atoms with Gasteiger partial charge in [0, 0.05) is 52.4 Å². The Morgan fingerprint density at radius 2 is 1.92 bits per heavy atom. The molecule has 2 heterocycles. The summed E-state index contributed by atoms with van der Waals surface area (Å²) in [4.78, 5) is 16.7. The van der Waals surface area contributed by atoms with E-state index >= 15 is 0 Å². The van der Waals surface area contributed by atoms with E-state index < -0.39 is 0 Å². The van der Waals surface area contributed by atoms with Gasteiger partial charge >= 0.3 is 0 Å². The van der Waals surface area contributed by atoms with E-state index in [-0.39, 0.29) is 5.91 Å². The normalized spacial score (nSPS) is 15.3. The molecule has 1 aromatic carbocycles. The Morgan fingerprint density at radius 3 is 2.60 bits per heavy atom. The Balaban J connectivity index is 1.33. The zero-order valence-corrected chi connectivity index (χ0v) is 14.8. The molecule has 1 amide bonds. The van der Waals surface area contributed by atoms with Crippen molar-refractivity contribution in [2.24, 2.45) is 7.05 Å². The molecule has 0 N–H and O–H groups in total. The maximum Gasteiger partial charge on any atom is 0.222 e. The third-order valence-corrected chi connectivity index (χ3v) is 4.53. The van der Waals surface area contributed by atoms with E-state index in [0.29, 0.717) is 13.0 Å². The van der Waals surface area contributed by atoms with Crippen LogP contribution in [-0.2, 0) is 18.3 Å². The number of amides is 1. The van der Waals surface area contributed by atoms with Gasteiger partial charge in [0.15, 0.2) is 0 Å². The number of para-hydroxylation sites is 1. The van der Waals surface area contributed by atoms with Gasteiger partial charge in [-0.25, -0.2) is 0 Å². The summed E-state index contributed by atoms with van der Waals surface area (Å²) in [5.74, 6) is 1.15. The highest BCUT2D eigenvalue weighted by Crippen LogP contribution is 2.10. The molecule has 3 rings (SSSR count). The number of hydrogen-bond donors (Lipinski definition) is 0. The van der Waals surface area contributed by atoms with Gasteiger partial charge in [-0.15, -0.1) is 0 Å². The van der Waals surface area contributed by atoms with Crippen molar-refractivity contribution in [3.05, 3.63) is 48.3 Å². The van der Waals surface area contributed by atoms with E-state index in [9.17, 15) is 4.79 Å². The molecule has 0 spiro atoms. The van der Waals surface area contributed by atoms with Crippen molar-refractivity contribution in [2.45, 2.75) is 12.8 Å². The van der Waals surface area contributed by atoms with Gasteiger partial charge in [-0.2, -0.15) is 5.10 Å². The summed E-state index contributed by atoms with van der Waals surface area (Å²) >= 11 is 0. The Labute approximate surface area is 149 Å². The van der Waals surface area contributed by atoms with Gasteiger partial charge in [-0.3, -0.25) is 14.4 Å². The van der Waals surface area contributed by atoms with E-state index in [2.05, 4.69) is 10.00 Å². The van der Waals surface area contributed by atoms with Crippen LogP contribution in [-0.4, -0.2) is 64.8 Å². The van der Waals surface area contributed by atoms with Crippen LogP contribution in [0.2, 0.25) is 0 Å². The fourth-order valence-electron chi connectivity index (χ4n) is 3.04. The minimum Gasteiger partial charge on any atom is -0.492 e. The number of aryl methyl sites for hydroxylation is 2. The van der Waals surface area contributed by atoms with Gasteiger partial charge in [0.05, 0.1) is 6.20 Å². The molecule has 2 aromatic rings. The number of nitrogens with zero attached hydrogens (tertiary/aromatic N) is 4. The van der Waals surface area contributed by atoms with E-state index in [1.54, 1.807) is 4.68 Å². The highest BCUT2D eigenvalue weighted by Gasteiger charge is 2.20.